The summed E-state index contributed by atoms with van der Waals surface area (Å²) in [5, 5.41) is 3.54. The summed E-state index contributed by atoms with van der Waals surface area (Å²) in [7, 11) is 1.68. The summed E-state index contributed by atoms with van der Waals surface area (Å²) in [6.45, 7) is 4.69. The zero-order chi connectivity index (χ0) is 14.3. The minimum atomic E-state index is -0.295. The summed E-state index contributed by atoms with van der Waals surface area (Å²) in [5.41, 5.74) is 2.08. The Bertz CT molecular complexity index is 525. The summed E-state index contributed by atoms with van der Waals surface area (Å²) in [4.78, 5) is 14.6. The first kappa shape index (κ1) is 13.6. The average molecular weight is 274 g/mol. The topological polar surface area (TPSA) is 41.6 Å². The number of rotatable bonds is 4. The van der Waals surface area contributed by atoms with Gasteiger partial charge >= 0.3 is 0 Å². The number of benzene rings is 1. The third-order valence-electron chi connectivity index (χ3n) is 4.33. The van der Waals surface area contributed by atoms with Crippen molar-refractivity contribution < 1.29 is 9.53 Å². The first-order chi connectivity index (χ1) is 9.57. The lowest BCUT2D eigenvalue weighted by atomic mass is 10.1. The maximum absolute atomic E-state index is 12.7. The first-order valence-electron chi connectivity index (χ1n) is 7.23. The second-order valence-corrected chi connectivity index (χ2v) is 6.06. The molecule has 2 unspecified atom stereocenters. The summed E-state index contributed by atoms with van der Waals surface area (Å²) in [6, 6.07) is 8.44. The van der Waals surface area contributed by atoms with Gasteiger partial charge in [-0.15, -0.1) is 0 Å². The average Bonchev–Trinajstić information content (AvgIpc) is 3.12. The second-order valence-electron chi connectivity index (χ2n) is 6.06. The Morgan fingerprint density at radius 2 is 2.25 bits per heavy atom. The Balaban J connectivity index is 1.93. The Labute approximate surface area is 120 Å². The molecule has 0 bridgehead atoms. The maximum atomic E-state index is 12.7. The van der Waals surface area contributed by atoms with Crippen molar-refractivity contribution in [3.8, 4) is 0 Å². The minimum absolute atomic E-state index is 0.0324. The molecular weight excluding hydrogens is 252 g/mol. The lowest BCUT2D eigenvalue weighted by Gasteiger charge is -2.30. The van der Waals surface area contributed by atoms with Crippen molar-refractivity contribution in [1.82, 2.24) is 10.2 Å². The number of amides is 1. The molecule has 1 saturated carbocycles. The highest BCUT2D eigenvalue weighted by molar-refractivity contribution is 5.92. The van der Waals surface area contributed by atoms with Crippen LogP contribution in [0.1, 0.15) is 37.1 Å². The first-order valence-corrected chi connectivity index (χ1v) is 7.23. The van der Waals surface area contributed by atoms with E-state index in [1.807, 2.05) is 17.9 Å². The largest absolute Gasteiger partial charge is 0.383 e. The summed E-state index contributed by atoms with van der Waals surface area (Å²) in [5.74, 6) is 0.230. The van der Waals surface area contributed by atoms with Gasteiger partial charge in [-0.2, -0.15) is 0 Å². The zero-order valence-electron chi connectivity index (χ0n) is 12.3. The molecule has 1 saturated heterocycles. The van der Waals surface area contributed by atoms with Gasteiger partial charge in [0.15, 0.2) is 0 Å². The smallest absolute Gasteiger partial charge is 0.244 e. The van der Waals surface area contributed by atoms with Gasteiger partial charge in [0.05, 0.1) is 12.6 Å². The predicted octanol–water partition coefficient (Wildman–Crippen LogP) is 1.99. The van der Waals surface area contributed by atoms with E-state index >= 15 is 0 Å². The van der Waals surface area contributed by atoms with Crippen molar-refractivity contribution in [2.45, 2.75) is 44.4 Å². The lowest BCUT2D eigenvalue weighted by Crippen LogP contribution is -2.41. The van der Waals surface area contributed by atoms with E-state index < -0.39 is 0 Å². The fraction of sp³-hybridized carbons (Fsp3) is 0.562. The molecule has 1 aliphatic heterocycles. The van der Waals surface area contributed by atoms with E-state index in [0.717, 1.165) is 18.4 Å². The molecule has 2 fully saturated rings. The van der Waals surface area contributed by atoms with Crippen LogP contribution >= 0.6 is 0 Å². The number of methoxy groups -OCH3 is 1. The van der Waals surface area contributed by atoms with Crippen molar-refractivity contribution in [1.29, 1.82) is 0 Å². The highest BCUT2D eigenvalue weighted by atomic mass is 16.5. The van der Waals surface area contributed by atoms with E-state index in [4.69, 9.17) is 4.74 Å². The van der Waals surface area contributed by atoms with Crippen molar-refractivity contribution in [3.63, 3.8) is 0 Å². The van der Waals surface area contributed by atoms with Crippen molar-refractivity contribution in [2.24, 2.45) is 0 Å². The molecule has 1 heterocycles. The van der Waals surface area contributed by atoms with Crippen LogP contribution in [0, 0.1) is 6.92 Å². The van der Waals surface area contributed by atoms with Crippen molar-refractivity contribution in [3.05, 3.63) is 35.4 Å². The normalized spacial score (nSPS) is 25.2. The van der Waals surface area contributed by atoms with Gasteiger partial charge in [-0.3, -0.25) is 10.1 Å². The van der Waals surface area contributed by atoms with Crippen LogP contribution in [0.2, 0.25) is 0 Å². The number of carbonyl (C=O) groups is 1. The van der Waals surface area contributed by atoms with E-state index in [1.165, 1.54) is 5.56 Å². The van der Waals surface area contributed by atoms with E-state index in [9.17, 15) is 4.79 Å². The van der Waals surface area contributed by atoms with Gasteiger partial charge in [0.25, 0.3) is 0 Å². The molecule has 1 N–H and O–H groups in total. The number of aryl methyl sites for hydroxylation is 1. The zero-order valence-corrected chi connectivity index (χ0v) is 12.3. The van der Waals surface area contributed by atoms with Crippen molar-refractivity contribution in [2.75, 3.05) is 13.7 Å². The Kier molecular flexibility index (Phi) is 3.30. The van der Waals surface area contributed by atoms with Crippen LogP contribution in [0.3, 0.4) is 0 Å². The highest BCUT2D eigenvalue weighted by Crippen LogP contribution is 2.46. The molecule has 2 atom stereocenters. The minimum Gasteiger partial charge on any atom is -0.383 e. The van der Waals surface area contributed by atoms with Crippen LogP contribution in [-0.2, 0) is 9.53 Å². The van der Waals surface area contributed by atoms with Gasteiger partial charge in [0.1, 0.15) is 11.7 Å². The number of hydrogen-bond donors (Lipinski definition) is 1. The molecular formula is C16H22N2O2. The molecule has 0 aromatic heterocycles. The molecule has 1 aromatic rings. The van der Waals surface area contributed by atoms with Crippen LogP contribution in [0.15, 0.2) is 24.3 Å². The van der Waals surface area contributed by atoms with E-state index in [-0.39, 0.29) is 23.7 Å². The predicted molar refractivity (Wildman–Crippen MR) is 77.2 cm³/mol. The van der Waals surface area contributed by atoms with Gasteiger partial charge < -0.3 is 9.64 Å². The molecule has 0 radical (unpaired) electrons. The standard InChI is InChI=1S/C16H22N2O2/c1-11-5-4-6-13(9-11)14-17-16(7-8-16)15(19)18(14)12(2)10-20-3/h4-6,9,12,14,17H,7-8,10H2,1-3H3. The molecule has 108 valence electrons. The second kappa shape index (κ2) is 4.86. The summed E-state index contributed by atoms with van der Waals surface area (Å²) in [6.07, 6.45) is 1.87. The molecule has 4 nitrogen and oxygen atoms in total. The Hall–Kier alpha value is -1.39. The van der Waals surface area contributed by atoms with Gasteiger partial charge in [-0.25, -0.2) is 0 Å². The number of carbonyl (C=O) groups excluding carboxylic acids is 1. The molecule has 2 aliphatic rings. The van der Waals surface area contributed by atoms with E-state index in [1.54, 1.807) is 7.11 Å². The third kappa shape index (κ3) is 2.13. The van der Waals surface area contributed by atoms with Crippen LogP contribution in [0.5, 0.6) is 0 Å². The highest BCUT2D eigenvalue weighted by Gasteiger charge is 2.60. The molecule has 1 aromatic carbocycles. The van der Waals surface area contributed by atoms with Gasteiger partial charge in [0, 0.05) is 7.11 Å². The van der Waals surface area contributed by atoms with Crippen LogP contribution < -0.4 is 5.32 Å². The summed E-state index contributed by atoms with van der Waals surface area (Å²) >= 11 is 0. The quantitative estimate of drug-likeness (QED) is 0.913. The van der Waals surface area contributed by atoms with Crippen LogP contribution in [-0.4, -0.2) is 36.1 Å². The van der Waals surface area contributed by atoms with Gasteiger partial charge in [0.2, 0.25) is 5.91 Å². The molecule has 1 aliphatic carbocycles. The third-order valence-corrected chi connectivity index (χ3v) is 4.33. The van der Waals surface area contributed by atoms with E-state index in [2.05, 4.69) is 30.4 Å². The van der Waals surface area contributed by atoms with Crippen molar-refractivity contribution >= 4 is 5.91 Å². The monoisotopic (exact) mass is 274 g/mol. The van der Waals surface area contributed by atoms with Gasteiger partial charge in [-0.1, -0.05) is 29.8 Å². The number of nitrogens with one attached hydrogen (secondary N) is 1. The Morgan fingerprint density at radius 3 is 2.85 bits per heavy atom. The molecule has 20 heavy (non-hydrogen) atoms. The molecule has 1 amide bonds. The number of ether oxygens (including phenoxy) is 1. The SMILES string of the molecule is COCC(C)N1C(=O)C2(CC2)NC1c1cccc(C)c1. The lowest BCUT2D eigenvalue weighted by molar-refractivity contribution is -0.133. The van der Waals surface area contributed by atoms with Gasteiger partial charge in [-0.05, 0) is 32.3 Å². The van der Waals surface area contributed by atoms with Crippen LogP contribution in [0.4, 0.5) is 0 Å². The van der Waals surface area contributed by atoms with E-state index in [0.29, 0.717) is 6.61 Å². The number of nitrogens with zero attached hydrogens (tertiary/aromatic N) is 1. The fourth-order valence-electron chi connectivity index (χ4n) is 3.10. The summed E-state index contributed by atoms with van der Waals surface area (Å²) < 4.78 is 5.24. The molecule has 4 heteroatoms. The fourth-order valence-corrected chi connectivity index (χ4v) is 3.10. The maximum Gasteiger partial charge on any atom is 0.244 e. The molecule has 1 spiro atoms. The number of hydrogen-bond acceptors (Lipinski definition) is 3. The van der Waals surface area contributed by atoms with Crippen LogP contribution in [0.25, 0.3) is 0 Å². The Morgan fingerprint density at radius 1 is 1.50 bits per heavy atom. The molecule has 3 rings (SSSR count).